The van der Waals surface area contributed by atoms with Gasteiger partial charge in [0, 0.05) is 18.3 Å². The summed E-state index contributed by atoms with van der Waals surface area (Å²) in [5.41, 5.74) is 3.11. The van der Waals surface area contributed by atoms with Crippen LogP contribution >= 0.6 is 11.3 Å². The molecule has 0 spiro atoms. The number of hydrogen-bond acceptors (Lipinski definition) is 4. The van der Waals surface area contributed by atoms with Gasteiger partial charge in [-0.15, -0.1) is 11.3 Å². The quantitative estimate of drug-likeness (QED) is 0.738. The standard InChI is InChI=1S/C11H19N3S/c1-9-4-13-6-10(9)5-12-3-2-11-7-15-8-14-11/h7-10,12-13H,2-6H2,1H3. The lowest BCUT2D eigenvalue weighted by Gasteiger charge is -2.14. The lowest BCUT2D eigenvalue weighted by Crippen LogP contribution is -2.28. The van der Waals surface area contributed by atoms with Crippen molar-refractivity contribution in [1.82, 2.24) is 15.6 Å². The summed E-state index contributed by atoms with van der Waals surface area (Å²) in [7, 11) is 0. The van der Waals surface area contributed by atoms with Gasteiger partial charge in [-0.05, 0) is 31.5 Å². The second-order valence-corrected chi connectivity index (χ2v) is 5.05. The van der Waals surface area contributed by atoms with Gasteiger partial charge in [0.2, 0.25) is 0 Å². The van der Waals surface area contributed by atoms with Crippen LogP contribution in [-0.4, -0.2) is 31.2 Å². The fourth-order valence-electron chi connectivity index (χ4n) is 2.00. The van der Waals surface area contributed by atoms with E-state index in [1.807, 2.05) is 5.51 Å². The Balaban J connectivity index is 1.59. The van der Waals surface area contributed by atoms with Crippen LogP contribution in [0.2, 0.25) is 0 Å². The molecule has 4 heteroatoms. The minimum absolute atomic E-state index is 0.806. The Morgan fingerprint density at radius 1 is 1.60 bits per heavy atom. The Morgan fingerprint density at radius 2 is 2.53 bits per heavy atom. The van der Waals surface area contributed by atoms with Crippen molar-refractivity contribution in [1.29, 1.82) is 0 Å². The Hall–Kier alpha value is -0.450. The summed E-state index contributed by atoms with van der Waals surface area (Å²) in [5.74, 6) is 1.62. The van der Waals surface area contributed by atoms with E-state index in [-0.39, 0.29) is 0 Å². The molecule has 2 atom stereocenters. The summed E-state index contributed by atoms with van der Waals surface area (Å²) >= 11 is 1.67. The van der Waals surface area contributed by atoms with Crippen molar-refractivity contribution < 1.29 is 0 Å². The molecule has 1 aliphatic heterocycles. The summed E-state index contributed by atoms with van der Waals surface area (Å²) in [4.78, 5) is 4.27. The molecule has 0 aliphatic carbocycles. The normalized spacial score (nSPS) is 25.9. The second-order valence-electron chi connectivity index (χ2n) is 4.33. The minimum atomic E-state index is 0.806. The highest BCUT2D eigenvalue weighted by Crippen LogP contribution is 2.14. The smallest absolute Gasteiger partial charge is 0.0794 e. The van der Waals surface area contributed by atoms with E-state index in [0.29, 0.717) is 0 Å². The van der Waals surface area contributed by atoms with E-state index >= 15 is 0 Å². The predicted molar refractivity (Wildman–Crippen MR) is 64.2 cm³/mol. The molecule has 3 nitrogen and oxygen atoms in total. The lowest BCUT2D eigenvalue weighted by molar-refractivity contribution is 0.422. The Labute approximate surface area is 95.3 Å². The summed E-state index contributed by atoms with van der Waals surface area (Å²) in [6.45, 7) is 6.86. The molecule has 1 aromatic heterocycles. The van der Waals surface area contributed by atoms with Crippen molar-refractivity contribution in [2.45, 2.75) is 13.3 Å². The lowest BCUT2D eigenvalue weighted by atomic mass is 9.98. The van der Waals surface area contributed by atoms with Crippen LogP contribution in [0.4, 0.5) is 0 Å². The molecule has 2 N–H and O–H groups in total. The first-order valence-corrected chi connectivity index (χ1v) is 6.59. The van der Waals surface area contributed by atoms with Gasteiger partial charge in [-0.25, -0.2) is 4.98 Å². The van der Waals surface area contributed by atoms with Crippen molar-refractivity contribution in [3.05, 3.63) is 16.6 Å². The Bertz CT molecular complexity index is 273. The molecule has 0 radical (unpaired) electrons. The third kappa shape index (κ3) is 3.26. The summed E-state index contributed by atoms with van der Waals surface area (Å²) in [6.07, 6.45) is 1.05. The molecule has 84 valence electrons. The molecular formula is C11H19N3S. The molecule has 0 amide bonds. The summed E-state index contributed by atoms with van der Waals surface area (Å²) < 4.78 is 0. The zero-order chi connectivity index (χ0) is 10.5. The maximum absolute atomic E-state index is 4.27. The average Bonchev–Trinajstić information content (AvgIpc) is 2.85. The van der Waals surface area contributed by atoms with Crippen LogP contribution in [-0.2, 0) is 6.42 Å². The van der Waals surface area contributed by atoms with Gasteiger partial charge in [-0.3, -0.25) is 0 Å². The van der Waals surface area contributed by atoms with Gasteiger partial charge < -0.3 is 10.6 Å². The SMILES string of the molecule is CC1CNCC1CNCCc1cscn1. The van der Waals surface area contributed by atoms with E-state index in [0.717, 1.165) is 31.3 Å². The van der Waals surface area contributed by atoms with Gasteiger partial charge >= 0.3 is 0 Å². The zero-order valence-electron chi connectivity index (χ0n) is 9.20. The largest absolute Gasteiger partial charge is 0.316 e. The van der Waals surface area contributed by atoms with Crippen LogP contribution in [0.3, 0.4) is 0 Å². The number of aromatic nitrogens is 1. The molecule has 15 heavy (non-hydrogen) atoms. The van der Waals surface area contributed by atoms with Crippen LogP contribution in [0.25, 0.3) is 0 Å². The second kappa shape index (κ2) is 5.58. The first-order valence-electron chi connectivity index (χ1n) is 5.65. The number of hydrogen-bond donors (Lipinski definition) is 2. The topological polar surface area (TPSA) is 37.0 Å². The molecule has 0 bridgehead atoms. The average molecular weight is 225 g/mol. The molecule has 0 aromatic carbocycles. The molecule has 0 saturated carbocycles. The molecular weight excluding hydrogens is 206 g/mol. The van der Waals surface area contributed by atoms with Gasteiger partial charge in [0.25, 0.3) is 0 Å². The predicted octanol–water partition coefficient (Wildman–Crippen LogP) is 1.13. The maximum atomic E-state index is 4.27. The summed E-state index contributed by atoms with van der Waals surface area (Å²) in [6, 6.07) is 0. The van der Waals surface area contributed by atoms with E-state index in [1.54, 1.807) is 11.3 Å². The highest BCUT2D eigenvalue weighted by molar-refractivity contribution is 7.07. The number of nitrogens with one attached hydrogen (secondary N) is 2. The Morgan fingerprint density at radius 3 is 3.20 bits per heavy atom. The molecule has 1 aromatic rings. The highest BCUT2D eigenvalue weighted by Gasteiger charge is 2.21. The highest BCUT2D eigenvalue weighted by atomic mass is 32.1. The fraction of sp³-hybridized carbons (Fsp3) is 0.727. The molecule has 2 unspecified atom stereocenters. The third-order valence-corrected chi connectivity index (χ3v) is 3.76. The van der Waals surface area contributed by atoms with Gasteiger partial charge in [-0.2, -0.15) is 0 Å². The first-order chi connectivity index (χ1) is 7.36. The first kappa shape index (κ1) is 11.0. The van der Waals surface area contributed by atoms with Crippen molar-refractivity contribution in [2.75, 3.05) is 26.2 Å². The van der Waals surface area contributed by atoms with Crippen LogP contribution in [0, 0.1) is 11.8 Å². The van der Waals surface area contributed by atoms with Gasteiger partial charge in [0.1, 0.15) is 0 Å². The molecule has 2 heterocycles. The number of nitrogens with zero attached hydrogens (tertiary/aromatic N) is 1. The van der Waals surface area contributed by atoms with Crippen molar-refractivity contribution in [3.63, 3.8) is 0 Å². The minimum Gasteiger partial charge on any atom is -0.316 e. The van der Waals surface area contributed by atoms with E-state index in [1.165, 1.54) is 18.8 Å². The van der Waals surface area contributed by atoms with E-state index in [9.17, 15) is 0 Å². The zero-order valence-corrected chi connectivity index (χ0v) is 10.0. The van der Waals surface area contributed by atoms with Crippen LogP contribution < -0.4 is 10.6 Å². The number of rotatable bonds is 5. The van der Waals surface area contributed by atoms with E-state index < -0.39 is 0 Å². The van der Waals surface area contributed by atoms with Gasteiger partial charge in [0.15, 0.2) is 0 Å². The van der Waals surface area contributed by atoms with Crippen LogP contribution in [0.1, 0.15) is 12.6 Å². The van der Waals surface area contributed by atoms with Crippen molar-refractivity contribution in [2.24, 2.45) is 11.8 Å². The molecule has 1 fully saturated rings. The van der Waals surface area contributed by atoms with Gasteiger partial charge in [0.05, 0.1) is 11.2 Å². The fourth-order valence-corrected chi connectivity index (χ4v) is 2.60. The van der Waals surface area contributed by atoms with Crippen molar-refractivity contribution >= 4 is 11.3 Å². The summed E-state index contributed by atoms with van der Waals surface area (Å²) in [5, 5.41) is 9.07. The number of thiazole rings is 1. The molecule has 2 rings (SSSR count). The van der Waals surface area contributed by atoms with E-state index in [4.69, 9.17) is 0 Å². The van der Waals surface area contributed by atoms with Crippen LogP contribution in [0.5, 0.6) is 0 Å². The van der Waals surface area contributed by atoms with Crippen molar-refractivity contribution in [3.8, 4) is 0 Å². The third-order valence-electron chi connectivity index (χ3n) is 3.13. The van der Waals surface area contributed by atoms with Gasteiger partial charge in [-0.1, -0.05) is 6.92 Å². The Kier molecular flexibility index (Phi) is 4.11. The molecule has 1 aliphatic rings. The van der Waals surface area contributed by atoms with Crippen LogP contribution in [0.15, 0.2) is 10.9 Å². The monoisotopic (exact) mass is 225 g/mol. The van der Waals surface area contributed by atoms with E-state index in [2.05, 4.69) is 27.9 Å². The maximum Gasteiger partial charge on any atom is 0.0794 e. The molecule has 1 saturated heterocycles.